The normalized spacial score (nSPS) is 10.6. The van der Waals surface area contributed by atoms with Crippen molar-refractivity contribution in [3.8, 4) is 10.6 Å². The van der Waals surface area contributed by atoms with Crippen LogP contribution in [0.5, 0.6) is 0 Å². The predicted molar refractivity (Wildman–Crippen MR) is 115 cm³/mol. The van der Waals surface area contributed by atoms with Crippen molar-refractivity contribution >= 4 is 52.0 Å². The number of carbonyl (C=O) groups is 2. The van der Waals surface area contributed by atoms with Crippen molar-refractivity contribution in [2.75, 3.05) is 19.4 Å². The molecule has 0 aliphatic rings. The van der Waals surface area contributed by atoms with Crippen LogP contribution in [0, 0.1) is 6.92 Å². The number of amides is 2. The summed E-state index contributed by atoms with van der Waals surface area (Å²) in [6.07, 6.45) is 0. The molecule has 0 spiro atoms. The van der Waals surface area contributed by atoms with Crippen LogP contribution in [-0.4, -0.2) is 35.8 Å². The summed E-state index contributed by atoms with van der Waals surface area (Å²) in [5, 5.41) is 4.43. The molecule has 2 amide bonds. The van der Waals surface area contributed by atoms with Gasteiger partial charge in [-0.1, -0.05) is 35.3 Å². The van der Waals surface area contributed by atoms with E-state index in [0.717, 1.165) is 5.56 Å². The second-order valence-electron chi connectivity index (χ2n) is 6.29. The van der Waals surface area contributed by atoms with Crippen LogP contribution in [0.15, 0.2) is 42.5 Å². The minimum absolute atomic E-state index is 0.177. The van der Waals surface area contributed by atoms with Crippen LogP contribution in [0.1, 0.15) is 25.7 Å². The molecule has 0 atom stereocenters. The Bertz CT molecular complexity index is 1060. The van der Waals surface area contributed by atoms with Gasteiger partial charge in [0.05, 0.1) is 16.4 Å². The van der Waals surface area contributed by atoms with Gasteiger partial charge in [0.25, 0.3) is 11.8 Å². The lowest BCUT2D eigenvalue weighted by molar-refractivity contribution is 0.0827. The number of aromatic nitrogens is 1. The molecule has 0 bridgehead atoms. The van der Waals surface area contributed by atoms with Gasteiger partial charge in [0.2, 0.25) is 0 Å². The molecular weight excluding hydrogens is 417 g/mol. The lowest BCUT2D eigenvalue weighted by atomic mass is 10.1. The van der Waals surface area contributed by atoms with Gasteiger partial charge in [0.1, 0.15) is 9.88 Å². The van der Waals surface area contributed by atoms with Gasteiger partial charge in [-0.05, 0) is 37.3 Å². The molecular formula is C20H17Cl2N3O2S. The Morgan fingerprint density at radius 3 is 2.54 bits per heavy atom. The molecule has 2 aromatic carbocycles. The minimum atomic E-state index is -0.334. The molecule has 1 aromatic heterocycles. The van der Waals surface area contributed by atoms with E-state index in [1.54, 1.807) is 51.4 Å². The van der Waals surface area contributed by atoms with E-state index in [1.807, 2.05) is 12.1 Å². The summed E-state index contributed by atoms with van der Waals surface area (Å²) >= 11 is 13.5. The monoisotopic (exact) mass is 433 g/mol. The standard InChI is InChI=1S/C20H17Cl2N3O2S/c1-11-17(28-19(23-11)12-5-4-6-14(21)9-12)18(26)24-16-10-13(7-8-15(16)22)20(27)25(2)3/h4-10H,1-3H3,(H,24,26). The Balaban J connectivity index is 1.88. The predicted octanol–water partition coefficient (Wildman–Crippen LogP) is 5.38. The summed E-state index contributed by atoms with van der Waals surface area (Å²) < 4.78 is 0. The van der Waals surface area contributed by atoms with Crippen LogP contribution in [0.2, 0.25) is 10.0 Å². The van der Waals surface area contributed by atoms with Gasteiger partial charge in [-0.3, -0.25) is 9.59 Å². The van der Waals surface area contributed by atoms with E-state index < -0.39 is 0 Å². The third-order valence-electron chi connectivity index (χ3n) is 3.94. The van der Waals surface area contributed by atoms with Gasteiger partial charge in [-0.25, -0.2) is 4.98 Å². The number of halogens is 2. The Labute approximate surface area is 176 Å². The van der Waals surface area contributed by atoms with Gasteiger partial charge >= 0.3 is 0 Å². The van der Waals surface area contributed by atoms with Crippen molar-refractivity contribution in [1.29, 1.82) is 0 Å². The number of aryl methyl sites for hydroxylation is 1. The SMILES string of the molecule is Cc1nc(-c2cccc(Cl)c2)sc1C(=O)Nc1cc(C(=O)N(C)C)ccc1Cl. The Morgan fingerprint density at radius 2 is 1.86 bits per heavy atom. The molecule has 3 rings (SSSR count). The molecule has 8 heteroatoms. The summed E-state index contributed by atoms with van der Waals surface area (Å²) in [6, 6.07) is 12.1. The van der Waals surface area contributed by atoms with Gasteiger partial charge in [-0.2, -0.15) is 0 Å². The van der Waals surface area contributed by atoms with Crippen molar-refractivity contribution in [2.45, 2.75) is 6.92 Å². The molecule has 0 unspecified atom stereocenters. The first kappa shape index (κ1) is 20.3. The third kappa shape index (κ3) is 4.35. The third-order valence-corrected chi connectivity index (χ3v) is 5.71. The highest BCUT2D eigenvalue weighted by Gasteiger charge is 2.18. The Hall–Kier alpha value is -2.41. The first-order chi connectivity index (χ1) is 13.3. The van der Waals surface area contributed by atoms with Crippen molar-refractivity contribution in [3.63, 3.8) is 0 Å². The molecule has 1 N–H and O–H groups in total. The number of thiazole rings is 1. The van der Waals surface area contributed by atoms with E-state index in [1.165, 1.54) is 16.2 Å². The smallest absolute Gasteiger partial charge is 0.267 e. The molecule has 0 saturated heterocycles. The van der Waals surface area contributed by atoms with Crippen LogP contribution in [-0.2, 0) is 0 Å². The van der Waals surface area contributed by atoms with Crippen molar-refractivity contribution < 1.29 is 9.59 Å². The fraction of sp³-hybridized carbons (Fsp3) is 0.150. The first-order valence-corrected chi connectivity index (χ1v) is 9.89. The molecule has 28 heavy (non-hydrogen) atoms. The maximum atomic E-state index is 12.8. The second kappa shape index (κ2) is 8.31. The number of nitrogens with zero attached hydrogens (tertiary/aromatic N) is 2. The van der Waals surface area contributed by atoms with Crippen LogP contribution in [0.4, 0.5) is 5.69 Å². The number of nitrogens with one attached hydrogen (secondary N) is 1. The van der Waals surface area contributed by atoms with E-state index in [2.05, 4.69) is 10.3 Å². The van der Waals surface area contributed by atoms with E-state index in [4.69, 9.17) is 23.2 Å². The zero-order valence-corrected chi connectivity index (χ0v) is 17.7. The average molecular weight is 434 g/mol. The van der Waals surface area contributed by atoms with E-state index in [9.17, 15) is 9.59 Å². The van der Waals surface area contributed by atoms with Crippen molar-refractivity contribution in [1.82, 2.24) is 9.88 Å². The average Bonchev–Trinajstić information content (AvgIpc) is 3.04. The first-order valence-electron chi connectivity index (χ1n) is 8.32. The number of hydrogen-bond donors (Lipinski definition) is 1. The van der Waals surface area contributed by atoms with Crippen LogP contribution in [0.25, 0.3) is 10.6 Å². The number of rotatable bonds is 4. The number of carbonyl (C=O) groups excluding carboxylic acids is 2. The second-order valence-corrected chi connectivity index (χ2v) is 8.13. The van der Waals surface area contributed by atoms with Gasteiger partial charge in [0.15, 0.2) is 0 Å². The summed E-state index contributed by atoms with van der Waals surface area (Å²) in [6.45, 7) is 1.77. The molecule has 0 aliphatic heterocycles. The summed E-state index contributed by atoms with van der Waals surface area (Å²) in [5.41, 5.74) is 2.26. The Kier molecular flexibility index (Phi) is 6.03. The van der Waals surface area contributed by atoms with Crippen molar-refractivity contribution in [3.05, 3.63) is 68.6 Å². The van der Waals surface area contributed by atoms with Crippen LogP contribution < -0.4 is 5.32 Å². The molecule has 0 radical (unpaired) electrons. The van der Waals surface area contributed by atoms with E-state index in [-0.39, 0.29) is 11.8 Å². The molecule has 1 heterocycles. The maximum absolute atomic E-state index is 12.8. The highest BCUT2D eigenvalue weighted by molar-refractivity contribution is 7.17. The lowest BCUT2D eigenvalue weighted by Gasteiger charge is -2.12. The highest BCUT2D eigenvalue weighted by atomic mass is 35.5. The highest BCUT2D eigenvalue weighted by Crippen LogP contribution is 2.31. The molecule has 3 aromatic rings. The largest absolute Gasteiger partial charge is 0.345 e. The van der Waals surface area contributed by atoms with E-state index >= 15 is 0 Å². The molecule has 5 nitrogen and oxygen atoms in total. The van der Waals surface area contributed by atoms with Gasteiger partial charge < -0.3 is 10.2 Å². The molecule has 144 valence electrons. The minimum Gasteiger partial charge on any atom is -0.345 e. The number of hydrogen-bond acceptors (Lipinski definition) is 4. The zero-order valence-electron chi connectivity index (χ0n) is 15.4. The quantitative estimate of drug-likeness (QED) is 0.600. The van der Waals surface area contributed by atoms with Gasteiger partial charge in [0, 0.05) is 30.2 Å². The summed E-state index contributed by atoms with van der Waals surface area (Å²) in [4.78, 5) is 31.4. The maximum Gasteiger partial charge on any atom is 0.267 e. The fourth-order valence-electron chi connectivity index (χ4n) is 2.54. The van der Waals surface area contributed by atoms with Crippen molar-refractivity contribution in [2.24, 2.45) is 0 Å². The molecule has 0 fully saturated rings. The fourth-order valence-corrected chi connectivity index (χ4v) is 3.86. The molecule has 0 saturated carbocycles. The molecule has 0 aliphatic carbocycles. The summed E-state index contributed by atoms with van der Waals surface area (Å²) in [7, 11) is 3.32. The van der Waals surface area contributed by atoms with Gasteiger partial charge in [-0.15, -0.1) is 11.3 Å². The van der Waals surface area contributed by atoms with E-state index in [0.29, 0.717) is 36.9 Å². The van der Waals surface area contributed by atoms with Crippen LogP contribution in [0.3, 0.4) is 0 Å². The topological polar surface area (TPSA) is 62.3 Å². The Morgan fingerprint density at radius 1 is 1.11 bits per heavy atom. The summed E-state index contributed by atoms with van der Waals surface area (Å²) in [5.74, 6) is -0.510. The lowest BCUT2D eigenvalue weighted by Crippen LogP contribution is -2.22. The number of anilines is 1. The van der Waals surface area contributed by atoms with Crippen LogP contribution >= 0.6 is 34.5 Å². The zero-order chi connectivity index (χ0) is 20.4. The number of benzene rings is 2.